The number of carbonyl (C=O) groups excluding carboxylic acids is 1. The zero-order chi connectivity index (χ0) is 22.1. The van der Waals surface area contributed by atoms with Crippen molar-refractivity contribution in [1.29, 1.82) is 0 Å². The van der Waals surface area contributed by atoms with Gasteiger partial charge in [-0.25, -0.2) is 4.98 Å². The molecular weight excluding hydrogens is 414 g/mol. The SMILES string of the molecule is C[C@]12CCC(=O)C=C1CC[C@@H]1[C@@H]2C(O)C[C@]2(C)C(c3csc(-c4ccccc4)n3)CC[C@@H]12. The van der Waals surface area contributed by atoms with Gasteiger partial charge in [0.1, 0.15) is 5.01 Å². The van der Waals surface area contributed by atoms with Crippen LogP contribution < -0.4 is 0 Å². The molecule has 0 amide bonds. The molecule has 1 heterocycles. The third-order valence-corrected chi connectivity index (χ3v) is 10.7. The maximum absolute atomic E-state index is 12.1. The molecule has 0 bridgehead atoms. The van der Waals surface area contributed by atoms with E-state index in [0.29, 0.717) is 30.1 Å². The lowest BCUT2D eigenvalue weighted by atomic mass is 9.46. The Morgan fingerprint density at radius 2 is 1.91 bits per heavy atom. The van der Waals surface area contributed by atoms with Gasteiger partial charge >= 0.3 is 0 Å². The number of aliphatic hydroxyl groups excluding tert-OH is 1. The van der Waals surface area contributed by atoms with Gasteiger partial charge in [0, 0.05) is 23.3 Å². The third kappa shape index (κ3) is 2.95. The fourth-order valence-corrected chi connectivity index (χ4v) is 9.21. The van der Waals surface area contributed by atoms with Gasteiger partial charge in [0.15, 0.2) is 5.78 Å². The van der Waals surface area contributed by atoms with Crippen LogP contribution in [0.4, 0.5) is 0 Å². The molecule has 3 saturated carbocycles. The number of aromatic nitrogens is 1. The number of carbonyl (C=O) groups is 1. The molecule has 4 aliphatic carbocycles. The molecule has 3 fully saturated rings. The van der Waals surface area contributed by atoms with Crippen molar-refractivity contribution in [3.63, 3.8) is 0 Å². The van der Waals surface area contributed by atoms with E-state index in [1.807, 2.05) is 12.1 Å². The minimum absolute atomic E-state index is 0.00320. The topological polar surface area (TPSA) is 50.2 Å². The van der Waals surface area contributed by atoms with Crippen molar-refractivity contribution in [2.75, 3.05) is 0 Å². The first-order valence-electron chi connectivity index (χ1n) is 12.3. The molecule has 1 aromatic heterocycles. The number of nitrogens with zero attached hydrogens (tertiary/aromatic N) is 1. The Bertz CT molecular complexity index is 1070. The third-order valence-electron chi connectivity index (χ3n) is 9.79. The van der Waals surface area contributed by atoms with E-state index < -0.39 is 0 Å². The Morgan fingerprint density at radius 3 is 2.72 bits per heavy atom. The molecule has 1 N–H and O–H groups in total. The molecule has 168 valence electrons. The summed E-state index contributed by atoms with van der Waals surface area (Å²) in [7, 11) is 0. The fourth-order valence-electron chi connectivity index (χ4n) is 8.33. The molecular formula is C28H33NO2S. The number of ketones is 1. The van der Waals surface area contributed by atoms with E-state index in [2.05, 4.69) is 43.5 Å². The van der Waals surface area contributed by atoms with Crippen molar-refractivity contribution < 1.29 is 9.90 Å². The molecule has 0 aliphatic heterocycles. The smallest absolute Gasteiger partial charge is 0.155 e. The summed E-state index contributed by atoms with van der Waals surface area (Å²) in [6, 6.07) is 10.5. The lowest BCUT2D eigenvalue weighted by molar-refractivity contribution is -0.129. The Kier molecular flexibility index (Phi) is 4.79. The second-order valence-corrected chi connectivity index (χ2v) is 12.1. The summed E-state index contributed by atoms with van der Waals surface area (Å²) in [5, 5.41) is 15.0. The van der Waals surface area contributed by atoms with Gasteiger partial charge in [-0.15, -0.1) is 11.3 Å². The summed E-state index contributed by atoms with van der Waals surface area (Å²) >= 11 is 1.75. The van der Waals surface area contributed by atoms with Gasteiger partial charge in [-0.1, -0.05) is 49.8 Å². The standard InChI is InChI=1S/C28H33NO2S/c1-27-13-12-19(30)14-18(27)8-9-20-21-10-11-22(28(21,2)15-24(31)25(20)27)23-16-32-26(29-23)17-6-4-3-5-7-17/h3-7,14,16,20-22,24-25,31H,8-13,15H2,1-2H3/t20-,21-,22?,24?,25+,27-,28-/m0/s1. The lowest BCUT2D eigenvalue weighted by Crippen LogP contribution is -2.56. The van der Waals surface area contributed by atoms with Crippen LogP contribution in [0.3, 0.4) is 0 Å². The zero-order valence-electron chi connectivity index (χ0n) is 19.1. The second-order valence-electron chi connectivity index (χ2n) is 11.2. The first-order chi connectivity index (χ1) is 15.4. The molecule has 7 atom stereocenters. The van der Waals surface area contributed by atoms with Gasteiger partial charge < -0.3 is 5.11 Å². The molecule has 0 saturated heterocycles. The van der Waals surface area contributed by atoms with E-state index in [4.69, 9.17) is 4.98 Å². The molecule has 2 unspecified atom stereocenters. The Labute approximate surface area is 195 Å². The van der Waals surface area contributed by atoms with Crippen molar-refractivity contribution in [2.45, 2.75) is 70.8 Å². The van der Waals surface area contributed by atoms with Crippen LogP contribution in [-0.4, -0.2) is 22.0 Å². The average molecular weight is 448 g/mol. The first-order valence-corrected chi connectivity index (χ1v) is 13.2. The Hall–Kier alpha value is -1.78. The maximum Gasteiger partial charge on any atom is 0.155 e. The van der Waals surface area contributed by atoms with Gasteiger partial charge in [-0.05, 0) is 73.2 Å². The van der Waals surface area contributed by atoms with Crippen LogP contribution in [0.25, 0.3) is 10.6 Å². The van der Waals surface area contributed by atoms with E-state index in [9.17, 15) is 9.90 Å². The highest BCUT2D eigenvalue weighted by atomic mass is 32.1. The summed E-state index contributed by atoms with van der Waals surface area (Å²) in [4.78, 5) is 17.2. The number of fused-ring (bicyclic) bond motifs is 5. The molecule has 32 heavy (non-hydrogen) atoms. The number of rotatable bonds is 2. The van der Waals surface area contributed by atoms with Gasteiger partial charge in [-0.2, -0.15) is 0 Å². The van der Waals surface area contributed by atoms with Crippen molar-refractivity contribution in [1.82, 2.24) is 4.98 Å². The second kappa shape index (κ2) is 7.36. The van der Waals surface area contributed by atoms with Crippen molar-refractivity contribution in [2.24, 2.45) is 28.6 Å². The molecule has 0 radical (unpaired) electrons. The maximum atomic E-state index is 12.1. The van der Waals surface area contributed by atoms with E-state index in [0.717, 1.165) is 30.7 Å². The summed E-state index contributed by atoms with van der Waals surface area (Å²) < 4.78 is 0. The zero-order valence-corrected chi connectivity index (χ0v) is 19.9. The van der Waals surface area contributed by atoms with Crippen LogP contribution in [0.5, 0.6) is 0 Å². The summed E-state index contributed by atoms with van der Waals surface area (Å²) in [6.07, 6.45) is 8.61. The molecule has 4 heteroatoms. The lowest BCUT2D eigenvalue weighted by Gasteiger charge is -2.59. The summed E-state index contributed by atoms with van der Waals surface area (Å²) in [5.74, 6) is 2.19. The number of aliphatic hydroxyl groups is 1. The Balaban J connectivity index is 1.32. The van der Waals surface area contributed by atoms with Gasteiger partial charge in [0.05, 0.1) is 11.8 Å². The van der Waals surface area contributed by atoms with Crippen LogP contribution in [0, 0.1) is 28.6 Å². The normalized spacial score (nSPS) is 40.9. The quantitative estimate of drug-likeness (QED) is 0.580. The number of benzene rings is 1. The van der Waals surface area contributed by atoms with E-state index in [1.165, 1.54) is 29.7 Å². The predicted molar refractivity (Wildman–Crippen MR) is 128 cm³/mol. The van der Waals surface area contributed by atoms with E-state index in [1.54, 1.807) is 11.3 Å². The number of hydrogen-bond donors (Lipinski definition) is 1. The summed E-state index contributed by atoms with van der Waals surface area (Å²) in [6.45, 7) is 4.78. The van der Waals surface area contributed by atoms with Crippen molar-refractivity contribution in [3.05, 3.63) is 53.1 Å². The molecule has 4 aliphatic rings. The number of hydrogen-bond acceptors (Lipinski definition) is 4. The predicted octanol–water partition coefficient (Wildman–Crippen LogP) is 6.40. The summed E-state index contributed by atoms with van der Waals surface area (Å²) in [5.41, 5.74) is 3.84. The van der Waals surface area contributed by atoms with Crippen molar-refractivity contribution in [3.8, 4) is 10.6 Å². The fraction of sp³-hybridized carbons (Fsp3) is 0.571. The number of thiazole rings is 1. The van der Waals surface area contributed by atoms with Crippen molar-refractivity contribution >= 4 is 17.1 Å². The van der Waals surface area contributed by atoms with Gasteiger partial charge in [-0.3, -0.25) is 4.79 Å². The largest absolute Gasteiger partial charge is 0.393 e. The minimum atomic E-state index is -0.295. The molecule has 1 aromatic carbocycles. The van der Waals surface area contributed by atoms with Crippen LogP contribution in [0.2, 0.25) is 0 Å². The van der Waals surface area contributed by atoms with Crippen LogP contribution >= 0.6 is 11.3 Å². The first kappa shape index (κ1) is 20.8. The average Bonchev–Trinajstić information content (AvgIpc) is 3.38. The monoisotopic (exact) mass is 447 g/mol. The van der Waals surface area contributed by atoms with Gasteiger partial charge in [0.25, 0.3) is 0 Å². The highest BCUT2D eigenvalue weighted by Gasteiger charge is 2.62. The van der Waals surface area contributed by atoms with Crippen LogP contribution in [-0.2, 0) is 4.79 Å². The minimum Gasteiger partial charge on any atom is -0.393 e. The molecule has 0 spiro atoms. The van der Waals surface area contributed by atoms with Crippen LogP contribution in [0.15, 0.2) is 47.4 Å². The molecule has 6 rings (SSSR count). The van der Waals surface area contributed by atoms with E-state index in [-0.39, 0.29) is 22.7 Å². The Morgan fingerprint density at radius 1 is 1.09 bits per heavy atom. The van der Waals surface area contributed by atoms with Crippen LogP contribution in [0.1, 0.15) is 70.4 Å². The molecule has 3 nitrogen and oxygen atoms in total. The highest BCUT2D eigenvalue weighted by molar-refractivity contribution is 7.13. The van der Waals surface area contributed by atoms with E-state index >= 15 is 0 Å². The highest BCUT2D eigenvalue weighted by Crippen LogP contribution is 2.68. The molecule has 2 aromatic rings. The number of allylic oxidation sites excluding steroid dienone is 1. The van der Waals surface area contributed by atoms with Gasteiger partial charge in [0.2, 0.25) is 0 Å².